The Morgan fingerprint density at radius 1 is 1.43 bits per heavy atom. The van der Waals surface area contributed by atoms with Crippen LogP contribution in [0.3, 0.4) is 0 Å². The van der Waals surface area contributed by atoms with Gasteiger partial charge in [-0.1, -0.05) is 17.7 Å². The fourth-order valence-electron chi connectivity index (χ4n) is 1.93. The van der Waals surface area contributed by atoms with Gasteiger partial charge in [0.2, 0.25) is 5.88 Å². The SMILES string of the molecule is COCc1c(Cl)cccc1NC(=O)c1cn(C)nc1OC. The first kappa shape index (κ1) is 15.3. The number of nitrogens with zero attached hydrogens (tertiary/aromatic N) is 2. The summed E-state index contributed by atoms with van der Waals surface area (Å²) in [6.45, 7) is 0.305. The third-order valence-corrected chi connectivity index (χ3v) is 3.24. The van der Waals surface area contributed by atoms with Crippen molar-refractivity contribution in [1.82, 2.24) is 9.78 Å². The molecule has 112 valence electrons. The molecule has 0 fully saturated rings. The average molecular weight is 310 g/mol. The molecule has 0 unspecified atom stereocenters. The van der Waals surface area contributed by atoms with Crippen molar-refractivity contribution < 1.29 is 14.3 Å². The molecule has 1 N–H and O–H groups in total. The van der Waals surface area contributed by atoms with Crippen molar-refractivity contribution in [2.24, 2.45) is 7.05 Å². The van der Waals surface area contributed by atoms with Crippen LogP contribution in [0.1, 0.15) is 15.9 Å². The number of anilines is 1. The topological polar surface area (TPSA) is 65.4 Å². The van der Waals surface area contributed by atoms with E-state index >= 15 is 0 Å². The van der Waals surface area contributed by atoms with Gasteiger partial charge in [-0.15, -0.1) is 5.10 Å². The van der Waals surface area contributed by atoms with Crippen LogP contribution in [0.25, 0.3) is 0 Å². The van der Waals surface area contributed by atoms with Gasteiger partial charge in [0.15, 0.2) is 0 Å². The molecule has 2 aromatic rings. The van der Waals surface area contributed by atoms with Crippen LogP contribution in [-0.2, 0) is 18.4 Å². The maximum atomic E-state index is 12.3. The smallest absolute Gasteiger partial charge is 0.262 e. The molecule has 0 spiro atoms. The third-order valence-electron chi connectivity index (χ3n) is 2.89. The van der Waals surface area contributed by atoms with E-state index < -0.39 is 0 Å². The number of carbonyl (C=O) groups excluding carboxylic acids is 1. The third kappa shape index (κ3) is 3.34. The van der Waals surface area contributed by atoms with Crippen LogP contribution in [0, 0.1) is 0 Å². The molecule has 0 radical (unpaired) electrons. The number of hydrogen-bond donors (Lipinski definition) is 1. The number of aromatic nitrogens is 2. The molecule has 1 aromatic carbocycles. The highest BCUT2D eigenvalue weighted by Gasteiger charge is 2.18. The molecule has 1 heterocycles. The molecule has 0 bridgehead atoms. The van der Waals surface area contributed by atoms with Crippen LogP contribution in [0.5, 0.6) is 5.88 Å². The van der Waals surface area contributed by atoms with E-state index in [9.17, 15) is 4.79 Å². The molecule has 0 saturated carbocycles. The van der Waals surface area contributed by atoms with Gasteiger partial charge in [0.05, 0.1) is 13.7 Å². The van der Waals surface area contributed by atoms with Crippen LogP contribution >= 0.6 is 11.6 Å². The highest BCUT2D eigenvalue weighted by atomic mass is 35.5. The normalized spacial score (nSPS) is 10.5. The van der Waals surface area contributed by atoms with Crippen LogP contribution in [0.15, 0.2) is 24.4 Å². The second-order valence-corrected chi connectivity index (χ2v) is 4.79. The van der Waals surface area contributed by atoms with Gasteiger partial charge in [-0.05, 0) is 12.1 Å². The molecule has 7 heteroatoms. The molecule has 0 aliphatic rings. The van der Waals surface area contributed by atoms with Gasteiger partial charge in [0.25, 0.3) is 5.91 Å². The van der Waals surface area contributed by atoms with Gasteiger partial charge in [0.1, 0.15) is 5.56 Å². The number of benzene rings is 1. The molecule has 2 rings (SSSR count). The second-order valence-electron chi connectivity index (χ2n) is 4.38. The highest BCUT2D eigenvalue weighted by molar-refractivity contribution is 6.31. The summed E-state index contributed by atoms with van der Waals surface area (Å²) in [5.41, 5.74) is 1.67. The van der Waals surface area contributed by atoms with E-state index in [4.69, 9.17) is 21.1 Å². The largest absolute Gasteiger partial charge is 0.479 e. The van der Waals surface area contributed by atoms with E-state index in [-0.39, 0.29) is 11.8 Å². The number of rotatable bonds is 5. The standard InChI is InChI=1S/C14H16ClN3O3/c1-18-7-9(14(17-18)21-3)13(19)16-12-6-4-5-11(15)10(12)8-20-2/h4-7H,8H2,1-3H3,(H,16,19). The zero-order valence-electron chi connectivity index (χ0n) is 12.0. The summed E-state index contributed by atoms with van der Waals surface area (Å²) in [5, 5.41) is 7.39. The van der Waals surface area contributed by atoms with Crippen LogP contribution in [-0.4, -0.2) is 29.9 Å². The minimum absolute atomic E-state index is 0.269. The molecular weight excluding hydrogens is 294 g/mol. The fraction of sp³-hybridized carbons (Fsp3) is 0.286. The summed E-state index contributed by atoms with van der Waals surface area (Å²) in [6.07, 6.45) is 1.59. The monoisotopic (exact) mass is 309 g/mol. The summed E-state index contributed by atoms with van der Waals surface area (Å²) in [4.78, 5) is 12.3. The van der Waals surface area contributed by atoms with E-state index in [0.29, 0.717) is 22.9 Å². The first-order chi connectivity index (χ1) is 10.1. The summed E-state index contributed by atoms with van der Waals surface area (Å²) >= 11 is 6.13. The van der Waals surface area contributed by atoms with Crippen LogP contribution in [0.2, 0.25) is 5.02 Å². The van der Waals surface area contributed by atoms with Gasteiger partial charge < -0.3 is 14.8 Å². The average Bonchev–Trinajstić information content (AvgIpc) is 2.84. The van der Waals surface area contributed by atoms with E-state index in [0.717, 1.165) is 5.56 Å². The van der Waals surface area contributed by atoms with Crippen molar-refractivity contribution in [1.29, 1.82) is 0 Å². The fourth-order valence-corrected chi connectivity index (χ4v) is 2.16. The Hall–Kier alpha value is -2.05. The lowest BCUT2D eigenvalue weighted by Gasteiger charge is -2.11. The molecule has 6 nitrogen and oxygen atoms in total. The van der Waals surface area contributed by atoms with Crippen LogP contribution < -0.4 is 10.1 Å². The van der Waals surface area contributed by atoms with E-state index in [1.807, 2.05) is 0 Å². The minimum atomic E-state index is -0.320. The Balaban J connectivity index is 2.29. The number of halogens is 1. The summed E-state index contributed by atoms with van der Waals surface area (Å²) in [5.74, 6) is -0.0510. The summed E-state index contributed by atoms with van der Waals surface area (Å²) < 4.78 is 11.7. The first-order valence-electron chi connectivity index (χ1n) is 6.22. The number of carbonyl (C=O) groups is 1. The lowest BCUT2D eigenvalue weighted by atomic mass is 10.1. The maximum absolute atomic E-state index is 12.3. The molecular formula is C14H16ClN3O3. The predicted molar refractivity (Wildman–Crippen MR) is 79.9 cm³/mol. The van der Waals surface area contributed by atoms with E-state index in [1.54, 1.807) is 38.6 Å². The molecule has 0 saturated heterocycles. The van der Waals surface area contributed by atoms with E-state index in [1.165, 1.54) is 11.8 Å². The van der Waals surface area contributed by atoms with Gasteiger partial charge >= 0.3 is 0 Å². The Morgan fingerprint density at radius 2 is 2.19 bits per heavy atom. The van der Waals surface area contributed by atoms with Crippen molar-refractivity contribution in [3.8, 4) is 5.88 Å². The number of hydrogen-bond acceptors (Lipinski definition) is 4. The van der Waals surface area contributed by atoms with Crippen molar-refractivity contribution in [2.75, 3.05) is 19.5 Å². The molecule has 0 atom stereocenters. The summed E-state index contributed by atoms with van der Waals surface area (Å²) in [7, 11) is 4.75. The molecule has 0 aliphatic carbocycles. The minimum Gasteiger partial charge on any atom is -0.479 e. The zero-order chi connectivity index (χ0) is 15.4. The number of aryl methyl sites for hydroxylation is 1. The Bertz CT molecular complexity index is 655. The Morgan fingerprint density at radius 3 is 2.86 bits per heavy atom. The van der Waals surface area contributed by atoms with Gasteiger partial charge in [0, 0.05) is 36.6 Å². The number of nitrogens with one attached hydrogen (secondary N) is 1. The lowest BCUT2D eigenvalue weighted by Crippen LogP contribution is -2.14. The number of methoxy groups -OCH3 is 2. The number of ether oxygens (including phenoxy) is 2. The summed E-state index contributed by atoms with van der Waals surface area (Å²) in [6, 6.07) is 5.27. The van der Waals surface area contributed by atoms with Gasteiger partial charge in [-0.25, -0.2) is 0 Å². The van der Waals surface area contributed by atoms with Gasteiger partial charge in [-0.2, -0.15) is 0 Å². The highest BCUT2D eigenvalue weighted by Crippen LogP contribution is 2.26. The van der Waals surface area contributed by atoms with Crippen molar-refractivity contribution in [3.63, 3.8) is 0 Å². The molecule has 1 aromatic heterocycles. The van der Waals surface area contributed by atoms with Crippen molar-refractivity contribution in [2.45, 2.75) is 6.61 Å². The Kier molecular flexibility index (Phi) is 4.82. The zero-order valence-corrected chi connectivity index (χ0v) is 12.8. The quantitative estimate of drug-likeness (QED) is 0.921. The molecule has 0 aliphatic heterocycles. The second kappa shape index (κ2) is 6.60. The molecule has 21 heavy (non-hydrogen) atoms. The lowest BCUT2D eigenvalue weighted by molar-refractivity contribution is 0.102. The van der Waals surface area contributed by atoms with E-state index in [2.05, 4.69) is 10.4 Å². The van der Waals surface area contributed by atoms with Crippen molar-refractivity contribution >= 4 is 23.2 Å². The maximum Gasteiger partial charge on any atom is 0.262 e. The van der Waals surface area contributed by atoms with Crippen molar-refractivity contribution in [3.05, 3.63) is 40.5 Å². The van der Waals surface area contributed by atoms with Gasteiger partial charge in [-0.3, -0.25) is 9.48 Å². The number of amides is 1. The molecule has 1 amide bonds. The van der Waals surface area contributed by atoms with Crippen LogP contribution in [0.4, 0.5) is 5.69 Å². The Labute approximate surface area is 127 Å². The predicted octanol–water partition coefficient (Wildman–Crippen LogP) is 2.48. The first-order valence-corrected chi connectivity index (χ1v) is 6.60.